The second-order valence-electron chi connectivity index (χ2n) is 6.49. The van der Waals surface area contributed by atoms with Gasteiger partial charge in [0, 0.05) is 18.2 Å². The van der Waals surface area contributed by atoms with Crippen molar-refractivity contribution in [3.63, 3.8) is 0 Å². The molecule has 1 aliphatic carbocycles. The van der Waals surface area contributed by atoms with Crippen molar-refractivity contribution in [1.82, 2.24) is 10.2 Å². The first kappa shape index (κ1) is 17.5. The molecule has 3 unspecified atom stereocenters. The van der Waals surface area contributed by atoms with E-state index in [2.05, 4.69) is 10.2 Å². The lowest BCUT2D eigenvalue weighted by atomic mass is 9.78. The lowest BCUT2D eigenvalue weighted by Crippen LogP contribution is -2.19. The number of aliphatic hydroxyl groups excluding tert-OH is 1. The number of H-pyrrole nitrogens is 1. The third-order valence-electron chi connectivity index (χ3n) is 4.85. The molecule has 3 nitrogen and oxygen atoms in total. The van der Waals surface area contributed by atoms with Crippen molar-refractivity contribution in [2.75, 3.05) is 0 Å². The highest BCUT2D eigenvalue weighted by Crippen LogP contribution is 2.39. The van der Waals surface area contributed by atoms with Gasteiger partial charge in [-0.2, -0.15) is 5.10 Å². The maximum atomic E-state index is 13.8. The van der Waals surface area contributed by atoms with E-state index in [1.165, 1.54) is 6.08 Å². The molecule has 1 aliphatic rings. The van der Waals surface area contributed by atoms with Gasteiger partial charge in [0.25, 0.3) is 0 Å². The highest BCUT2D eigenvalue weighted by Gasteiger charge is 2.27. The normalized spacial score (nSPS) is 19.9. The first-order chi connectivity index (χ1) is 12.1. The summed E-state index contributed by atoms with van der Waals surface area (Å²) in [7, 11) is 0. The van der Waals surface area contributed by atoms with Crippen LogP contribution in [-0.4, -0.2) is 21.4 Å². The van der Waals surface area contributed by atoms with Crippen LogP contribution in [0.25, 0.3) is 11.1 Å². The zero-order chi connectivity index (χ0) is 17.8. The molecule has 1 aromatic carbocycles. The van der Waals surface area contributed by atoms with Crippen LogP contribution < -0.4 is 0 Å². The van der Waals surface area contributed by atoms with Crippen LogP contribution in [-0.2, 0) is 0 Å². The number of aliphatic hydroxyl groups is 1. The Morgan fingerprint density at radius 1 is 1.24 bits per heavy atom. The van der Waals surface area contributed by atoms with Crippen LogP contribution in [0.3, 0.4) is 0 Å². The van der Waals surface area contributed by atoms with Crippen LogP contribution in [0.1, 0.15) is 37.7 Å². The first-order valence-corrected chi connectivity index (χ1v) is 8.58. The Bertz CT molecular complexity index is 751. The lowest BCUT2D eigenvalue weighted by Gasteiger charge is -2.28. The van der Waals surface area contributed by atoms with E-state index in [9.17, 15) is 13.9 Å². The van der Waals surface area contributed by atoms with E-state index in [4.69, 9.17) is 0 Å². The van der Waals surface area contributed by atoms with Crippen molar-refractivity contribution in [1.29, 1.82) is 0 Å². The van der Waals surface area contributed by atoms with Crippen molar-refractivity contribution in [2.45, 2.75) is 38.2 Å². The number of hydrogen-bond donors (Lipinski definition) is 2. The zero-order valence-electron chi connectivity index (χ0n) is 14.1. The second-order valence-corrected chi connectivity index (χ2v) is 6.49. The molecule has 3 rings (SSSR count). The van der Waals surface area contributed by atoms with Crippen molar-refractivity contribution >= 4 is 0 Å². The topological polar surface area (TPSA) is 48.9 Å². The fourth-order valence-corrected chi connectivity index (χ4v) is 3.30. The smallest absolute Gasteiger partial charge is 0.154 e. The predicted molar refractivity (Wildman–Crippen MR) is 94.2 cm³/mol. The Morgan fingerprint density at radius 2 is 2.00 bits per heavy atom. The average Bonchev–Trinajstić information content (AvgIpc) is 3.17. The molecule has 5 heteroatoms. The maximum absolute atomic E-state index is 13.8. The Hall–Kier alpha value is -2.27. The molecule has 1 aromatic heterocycles. The van der Waals surface area contributed by atoms with E-state index >= 15 is 0 Å². The number of allylic oxidation sites excluding steroid dienone is 4. The van der Waals surface area contributed by atoms with E-state index < -0.39 is 17.8 Å². The van der Waals surface area contributed by atoms with Crippen molar-refractivity contribution in [2.24, 2.45) is 5.92 Å². The summed E-state index contributed by atoms with van der Waals surface area (Å²) in [5.41, 5.74) is 3.04. The molecule has 25 heavy (non-hydrogen) atoms. The van der Waals surface area contributed by atoms with E-state index in [0.29, 0.717) is 12.8 Å². The van der Waals surface area contributed by atoms with Gasteiger partial charge in [-0.3, -0.25) is 5.10 Å². The Labute approximate surface area is 146 Å². The highest BCUT2D eigenvalue weighted by molar-refractivity contribution is 5.61. The summed E-state index contributed by atoms with van der Waals surface area (Å²) in [5, 5.41) is 16.9. The van der Waals surface area contributed by atoms with Crippen LogP contribution in [0.2, 0.25) is 0 Å². The van der Waals surface area contributed by atoms with Crippen LogP contribution in [0.5, 0.6) is 0 Å². The highest BCUT2D eigenvalue weighted by atomic mass is 19.2. The number of hydrogen-bond acceptors (Lipinski definition) is 2. The van der Waals surface area contributed by atoms with E-state index in [0.717, 1.165) is 16.7 Å². The van der Waals surface area contributed by atoms with Crippen LogP contribution in [0, 0.1) is 5.92 Å². The Morgan fingerprint density at radius 3 is 2.60 bits per heavy atom. The zero-order valence-corrected chi connectivity index (χ0v) is 14.1. The molecule has 0 aliphatic heterocycles. The summed E-state index contributed by atoms with van der Waals surface area (Å²) < 4.78 is 27.1. The molecular formula is C20H22F2N2O. The number of aromatic amines is 1. The third-order valence-corrected chi connectivity index (χ3v) is 4.85. The van der Waals surface area contributed by atoms with Crippen LogP contribution >= 0.6 is 0 Å². The molecule has 2 aromatic rings. The molecular weight excluding hydrogens is 322 g/mol. The van der Waals surface area contributed by atoms with Gasteiger partial charge in [0.2, 0.25) is 0 Å². The molecule has 0 radical (unpaired) electrons. The molecule has 0 saturated heterocycles. The van der Waals surface area contributed by atoms with Gasteiger partial charge in [0.05, 0.1) is 12.3 Å². The first-order valence-electron chi connectivity index (χ1n) is 8.58. The van der Waals surface area contributed by atoms with E-state index in [1.54, 1.807) is 12.3 Å². The van der Waals surface area contributed by atoms with E-state index in [1.807, 2.05) is 37.4 Å². The van der Waals surface area contributed by atoms with Gasteiger partial charge < -0.3 is 5.11 Å². The van der Waals surface area contributed by atoms with Gasteiger partial charge in [-0.25, -0.2) is 8.78 Å². The molecule has 0 amide bonds. The van der Waals surface area contributed by atoms with Crippen LogP contribution in [0.4, 0.5) is 8.78 Å². The maximum Gasteiger partial charge on any atom is 0.154 e. The minimum atomic E-state index is -0.790. The van der Waals surface area contributed by atoms with Gasteiger partial charge in [-0.05, 0) is 41.9 Å². The number of nitrogens with zero attached hydrogens (tertiary/aromatic N) is 1. The van der Waals surface area contributed by atoms with Gasteiger partial charge >= 0.3 is 0 Å². The second kappa shape index (κ2) is 7.74. The molecule has 0 spiro atoms. The molecule has 0 fully saturated rings. The quantitative estimate of drug-likeness (QED) is 0.770. The number of aromatic nitrogens is 2. The summed E-state index contributed by atoms with van der Waals surface area (Å²) in [6, 6.07) is 7.97. The monoisotopic (exact) mass is 344 g/mol. The van der Waals surface area contributed by atoms with Crippen molar-refractivity contribution < 1.29 is 13.9 Å². The minimum Gasteiger partial charge on any atom is -0.393 e. The molecule has 132 valence electrons. The number of halogens is 2. The molecule has 0 bridgehead atoms. The molecule has 3 atom stereocenters. The molecule has 2 N–H and O–H groups in total. The SMILES string of the molecule is CCC(O)CC(c1ccc(-c2cn[nH]c2)cc1)C1C=CC(F)=C(F)C1. The van der Waals surface area contributed by atoms with Gasteiger partial charge in [-0.1, -0.05) is 37.3 Å². The number of rotatable bonds is 6. The van der Waals surface area contributed by atoms with Gasteiger partial charge in [0.15, 0.2) is 5.83 Å². The van der Waals surface area contributed by atoms with Crippen molar-refractivity contribution in [3.8, 4) is 11.1 Å². The van der Waals surface area contributed by atoms with Gasteiger partial charge in [-0.15, -0.1) is 0 Å². The summed E-state index contributed by atoms with van der Waals surface area (Å²) >= 11 is 0. The standard InChI is InChI=1S/C20H22F2N2O/c1-2-17(25)10-18(15-7-8-19(21)20(22)9-15)14-5-3-13(4-6-14)16-11-23-24-12-16/h3-8,11-12,15,17-18,25H,2,9-10H2,1H3,(H,23,24). The van der Waals surface area contributed by atoms with Crippen LogP contribution in [0.15, 0.2) is 60.5 Å². The predicted octanol–water partition coefficient (Wildman–Crippen LogP) is 5.05. The summed E-state index contributed by atoms with van der Waals surface area (Å²) in [5.74, 6) is -1.73. The van der Waals surface area contributed by atoms with Gasteiger partial charge in [0.1, 0.15) is 5.83 Å². The fourth-order valence-electron chi connectivity index (χ4n) is 3.30. The fraction of sp³-hybridized carbons (Fsp3) is 0.350. The van der Waals surface area contributed by atoms with Crippen molar-refractivity contribution in [3.05, 3.63) is 66.0 Å². The molecule has 0 saturated carbocycles. The Kier molecular flexibility index (Phi) is 5.43. The lowest BCUT2D eigenvalue weighted by molar-refractivity contribution is 0.143. The average molecular weight is 344 g/mol. The number of benzene rings is 1. The minimum absolute atomic E-state index is 0.0346. The Balaban J connectivity index is 1.85. The third kappa shape index (κ3) is 4.04. The number of nitrogens with one attached hydrogen (secondary N) is 1. The summed E-state index contributed by atoms with van der Waals surface area (Å²) in [6.45, 7) is 1.92. The molecule has 1 heterocycles. The summed E-state index contributed by atoms with van der Waals surface area (Å²) in [4.78, 5) is 0. The summed E-state index contributed by atoms with van der Waals surface area (Å²) in [6.07, 6.45) is 7.21. The van der Waals surface area contributed by atoms with E-state index in [-0.39, 0.29) is 18.3 Å². The largest absolute Gasteiger partial charge is 0.393 e.